The molecule has 23 heavy (non-hydrogen) atoms. The van der Waals surface area contributed by atoms with Gasteiger partial charge in [-0.25, -0.2) is 8.42 Å². The predicted octanol–water partition coefficient (Wildman–Crippen LogP) is 3.24. The molecule has 0 aliphatic rings. The third kappa shape index (κ3) is 3.83. The molecule has 0 aromatic heterocycles. The number of aliphatic carboxylic acids is 1. The van der Waals surface area contributed by atoms with Gasteiger partial charge >= 0.3 is 5.97 Å². The average molecular weight is 354 g/mol. The molecule has 2 rings (SSSR count). The molecule has 122 valence electrons. The van der Waals surface area contributed by atoms with E-state index in [0.29, 0.717) is 5.02 Å². The van der Waals surface area contributed by atoms with Crippen LogP contribution in [0.2, 0.25) is 5.02 Å². The molecule has 1 N–H and O–H groups in total. The number of anilines is 1. The lowest BCUT2D eigenvalue weighted by molar-refractivity contribution is -0.135. The van der Waals surface area contributed by atoms with Crippen LogP contribution in [0, 0.1) is 13.8 Å². The molecular weight excluding hydrogens is 338 g/mol. The summed E-state index contributed by atoms with van der Waals surface area (Å²) in [4.78, 5) is 11.2. The third-order valence-electron chi connectivity index (χ3n) is 3.33. The molecule has 0 saturated heterocycles. The van der Waals surface area contributed by atoms with Crippen LogP contribution in [-0.4, -0.2) is 26.0 Å². The zero-order valence-electron chi connectivity index (χ0n) is 12.7. The highest BCUT2D eigenvalue weighted by Gasteiger charge is 2.27. The number of sulfonamides is 1. The Labute approximate surface area is 140 Å². The predicted molar refractivity (Wildman–Crippen MR) is 89.5 cm³/mol. The molecule has 0 atom stereocenters. The Morgan fingerprint density at radius 2 is 1.74 bits per heavy atom. The molecule has 0 heterocycles. The highest BCUT2D eigenvalue weighted by Crippen LogP contribution is 2.28. The van der Waals surface area contributed by atoms with Gasteiger partial charge in [0.15, 0.2) is 0 Å². The van der Waals surface area contributed by atoms with E-state index in [2.05, 4.69) is 0 Å². The number of halogens is 1. The Bertz CT molecular complexity index is 832. The van der Waals surface area contributed by atoms with Crippen LogP contribution in [0.1, 0.15) is 11.1 Å². The number of carboxylic acids is 1. The number of aryl methyl sites for hydroxylation is 2. The van der Waals surface area contributed by atoms with Gasteiger partial charge in [-0.15, -0.1) is 0 Å². The fourth-order valence-electron chi connectivity index (χ4n) is 2.01. The van der Waals surface area contributed by atoms with Crippen molar-refractivity contribution in [3.05, 3.63) is 58.6 Å². The lowest BCUT2D eigenvalue weighted by Gasteiger charge is -2.23. The van der Waals surface area contributed by atoms with Crippen LogP contribution in [0.15, 0.2) is 47.4 Å². The molecule has 2 aromatic rings. The van der Waals surface area contributed by atoms with Gasteiger partial charge in [0.2, 0.25) is 0 Å². The summed E-state index contributed by atoms with van der Waals surface area (Å²) in [5.41, 5.74) is 1.90. The number of hydrogen-bond donors (Lipinski definition) is 1. The number of rotatable bonds is 5. The lowest BCUT2D eigenvalue weighted by Crippen LogP contribution is -2.35. The Balaban J connectivity index is 2.55. The van der Waals surface area contributed by atoms with Crippen LogP contribution < -0.4 is 4.31 Å². The molecule has 0 fully saturated rings. The van der Waals surface area contributed by atoms with Crippen LogP contribution in [0.25, 0.3) is 0 Å². The summed E-state index contributed by atoms with van der Waals surface area (Å²) >= 11 is 6.04. The third-order valence-corrected chi connectivity index (χ3v) is 5.53. The summed E-state index contributed by atoms with van der Waals surface area (Å²) in [6.45, 7) is 2.93. The van der Waals surface area contributed by atoms with Gasteiger partial charge in [0.05, 0.1) is 10.6 Å². The normalized spacial score (nSPS) is 11.3. The maximum Gasteiger partial charge on any atom is 0.324 e. The van der Waals surface area contributed by atoms with Crippen LogP contribution in [0.4, 0.5) is 5.69 Å². The standard InChI is InChI=1S/C16H16ClNO4S/c1-11-3-7-14(8-4-11)23(21,22)18(10-16(19)20)13-6-5-12(2)15(17)9-13/h3-9H,10H2,1-2H3,(H,19,20). The van der Waals surface area contributed by atoms with Gasteiger partial charge in [0.25, 0.3) is 10.0 Å². The van der Waals surface area contributed by atoms with Gasteiger partial charge in [0.1, 0.15) is 6.54 Å². The van der Waals surface area contributed by atoms with Crippen molar-refractivity contribution < 1.29 is 18.3 Å². The second-order valence-corrected chi connectivity index (χ2v) is 7.42. The second-order valence-electron chi connectivity index (χ2n) is 5.15. The summed E-state index contributed by atoms with van der Waals surface area (Å²) in [6, 6.07) is 10.9. The van der Waals surface area contributed by atoms with Crippen molar-refractivity contribution >= 4 is 33.3 Å². The van der Waals surface area contributed by atoms with Crippen LogP contribution in [0.3, 0.4) is 0 Å². The molecular formula is C16H16ClNO4S. The first-order chi connectivity index (χ1) is 10.7. The summed E-state index contributed by atoms with van der Waals surface area (Å²) in [5, 5.41) is 9.46. The number of nitrogens with zero attached hydrogens (tertiary/aromatic N) is 1. The van der Waals surface area contributed by atoms with Crippen molar-refractivity contribution in [1.29, 1.82) is 0 Å². The van der Waals surface area contributed by atoms with Crippen molar-refractivity contribution in [1.82, 2.24) is 0 Å². The van der Waals surface area contributed by atoms with Gasteiger partial charge in [-0.05, 0) is 43.7 Å². The number of benzene rings is 2. The van der Waals surface area contributed by atoms with Gasteiger partial charge in [-0.1, -0.05) is 35.4 Å². The summed E-state index contributed by atoms with van der Waals surface area (Å²) in [6.07, 6.45) is 0. The van der Waals surface area contributed by atoms with Crippen LogP contribution in [0.5, 0.6) is 0 Å². The minimum atomic E-state index is -4.00. The molecule has 0 radical (unpaired) electrons. The van der Waals surface area contributed by atoms with Gasteiger partial charge in [-0.3, -0.25) is 9.10 Å². The van der Waals surface area contributed by atoms with E-state index in [4.69, 9.17) is 16.7 Å². The van der Waals surface area contributed by atoms with Crippen LogP contribution in [-0.2, 0) is 14.8 Å². The second kappa shape index (κ2) is 6.60. The SMILES string of the molecule is Cc1ccc(S(=O)(=O)N(CC(=O)O)c2ccc(C)c(Cl)c2)cc1. The Morgan fingerprint density at radius 3 is 2.26 bits per heavy atom. The fraction of sp³-hybridized carbons (Fsp3) is 0.188. The van der Waals surface area contributed by atoms with E-state index in [-0.39, 0.29) is 10.6 Å². The zero-order chi connectivity index (χ0) is 17.2. The zero-order valence-corrected chi connectivity index (χ0v) is 14.2. The highest BCUT2D eigenvalue weighted by atomic mass is 35.5. The Kier molecular flexibility index (Phi) is 4.97. The summed E-state index contributed by atoms with van der Waals surface area (Å²) in [5.74, 6) is -1.25. The monoisotopic (exact) mass is 353 g/mol. The van der Waals surface area contributed by atoms with Gasteiger partial charge in [0, 0.05) is 5.02 Å². The van der Waals surface area contributed by atoms with E-state index in [1.807, 2.05) is 6.92 Å². The lowest BCUT2D eigenvalue weighted by atomic mass is 10.2. The summed E-state index contributed by atoms with van der Waals surface area (Å²) < 4.78 is 26.4. The van der Waals surface area contributed by atoms with E-state index in [1.165, 1.54) is 24.3 Å². The maximum absolute atomic E-state index is 12.8. The molecule has 0 spiro atoms. The van der Waals surface area contributed by atoms with Crippen LogP contribution >= 0.6 is 11.6 Å². The largest absolute Gasteiger partial charge is 0.480 e. The molecule has 0 amide bonds. The number of carboxylic acid groups (broad SMARTS) is 1. The minimum Gasteiger partial charge on any atom is -0.480 e. The van der Waals surface area contributed by atoms with Gasteiger partial charge < -0.3 is 5.11 Å². The molecule has 0 bridgehead atoms. The first kappa shape index (κ1) is 17.3. The van der Waals surface area contributed by atoms with E-state index in [1.54, 1.807) is 25.1 Å². The molecule has 2 aromatic carbocycles. The smallest absolute Gasteiger partial charge is 0.324 e. The Morgan fingerprint density at radius 1 is 1.13 bits per heavy atom. The minimum absolute atomic E-state index is 0.0287. The molecule has 0 aliphatic carbocycles. The fourth-order valence-corrected chi connectivity index (χ4v) is 3.59. The molecule has 0 aliphatic heterocycles. The van der Waals surface area contributed by atoms with E-state index >= 15 is 0 Å². The topological polar surface area (TPSA) is 74.7 Å². The number of carbonyl (C=O) groups is 1. The number of hydrogen-bond acceptors (Lipinski definition) is 3. The van der Waals surface area contributed by atoms with Gasteiger partial charge in [-0.2, -0.15) is 0 Å². The van der Waals surface area contributed by atoms with E-state index in [9.17, 15) is 13.2 Å². The van der Waals surface area contributed by atoms with Crippen molar-refractivity contribution in [3.63, 3.8) is 0 Å². The molecule has 0 saturated carbocycles. The molecule has 5 nitrogen and oxygen atoms in total. The van der Waals surface area contributed by atoms with Crippen molar-refractivity contribution in [3.8, 4) is 0 Å². The van der Waals surface area contributed by atoms with Crippen molar-refractivity contribution in [2.45, 2.75) is 18.7 Å². The van der Waals surface area contributed by atoms with Crippen molar-refractivity contribution in [2.24, 2.45) is 0 Å². The van der Waals surface area contributed by atoms with E-state index < -0.39 is 22.5 Å². The maximum atomic E-state index is 12.8. The average Bonchev–Trinajstić information content (AvgIpc) is 2.48. The first-order valence-electron chi connectivity index (χ1n) is 6.79. The quantitative estimate of drug-likeness (QED) is 0.895. The van der Waals surface area contributed by atoms with Crippen molar-refractivity contribution in [2.75, 3.05) is 10.8 Å². The highest BCUT2D eigenvalue weighted by molar-refractivity contribution is 7.92. The Hall–Kier alpha value is -2.05. The summed E-state index contributed by atoms with van der Waals surface area (Å²) in [7, 11) is -4.00. The molecule has 0 unspecified atom stereocenters. The first-order valence-corrected chi connectivity index (χ1v) is 8.61. The molecule has 7 heteroatoms. The van der Waals surface area contributed by atoms with E-state index in [0.717, 1.165) is 15.4 Å².